The van der Waals surface area contributed by atoms with Crippen LogP contribution in [0.4, 0.5) is 0 Å². The van der Waals surface area contributed by atoms with Crippen molar-refractivity contribution in [2.75, 3.05) is 0 Å². The fraction of sp³-hybridized carbons (Fsp3) is 0.333. The Labute approximate surface area is 135 Å². The van der Waals surface area contributed by atoms with Crippen molar-refractivity contribution in [3.8, 4) is 11.6 Å². The number of nitrogens with zero attached hydrogens (tertiary/aromatic N) is 2. The van der Waals surface area contributed by atoms with Crippen LogP contribution < -0.4 is 0 Å². The van der Waals surface area contributed by atoms with Gasteiger partial charge in [-0.05, 0) is 50.3 Å². The smallest absolute Gasteiger partial charge is 0.245 e. The highest BCUT2D eigenvalue weighted by Crippen LogP contribution is 2.32. The van der Waals surface area contributed by atoms with E-state index < -0.39 is 0 Å². The highest BCUT2D eigenvalue weighted by Gasteiger charge is 2.25. The summed E-state index contributed by atoms with van der Waals surface area (Å²) >= 11 is 6.28. The van der Waals surface area contributed by atoms with Crippen molar-refractivity contribution in [1.29, 1.82) is 0 Å². The van der Waals surface area contributed by atoms with E-state index in [0.717, 1.165) is 47.9 Å². The maximum atomic E-state index is 6.28. The second-order valence-corrected chi connectivity index (χ2v) is 6.04. The third-order valence-corrected chi connectivity index (χ3v) is 4.16. The largest absolute Gasteiger partial charge is 0.440 e. The topological polar surface area (TPSA) is 38.9 Å². The summed E-state index contributed by atoms with van der Waals surface area (Å²) in [6, 6.07) is 5.76. The van der Waals surface area contributed by atoms with E-state index in [4.69, 9.17) is 16.0 Å². The van der Waals surface area contributed by atoms with E-state index in [9.17, 15) is 0 Å². The molecule has 0 saturated heterocycles. The molecule has 0 aliphatic heterocycles. The molecule has 2 heterocycles. The van der Waals surface area contributed by atoms with E-state index >= 15 is 0 Å². The number of aromatic nitrogens is 2. The lowest BCUT2D eigenvalue weighted by Crippen LogP contribution is -2.13. The van der Waals surface area contributed by atoms with Gasteiger partial charge in [0.25, 0.3) is 0 Å². The molecule has 0 aromatic carbocycles. The molecule has 0 bridgehead atoms. The normalized spacial score (nSPS) is 18.6. The van der Waals surface area contributed by atoms with Gasteiger partial charge < -0.3 is 4.42 Å². The molecule has 4 heteroatoms. The van der Waals surface area contributed by atoms with Crippen LogP contribution in [0.1, 0.15) is 31.2 Å². The lowest BCUT2D eigenvalue weighted by Gasteiger charge is -2.19. The van der Waals surface area contributed by atoms with Crippen LogP contribution in [0.2, 0.25) is 0 Å². The minimum atomic E-state index is 0.531. The molecule has 1 atom stereocenters. The van der Waals surface area contributed by atoms with Crippen LogP contribution >= 0.6 is 11.6 Å². The molecule has 0 saturated carbocycles. The number of aryl methyl sites for hydroxylation is 1. The summed E-state index contributed by atoms with van der Waals surface area (Å²) in [5, 5.41) is 0.903. The molecule has 0 N–H and O–H groups in total. The van der Waals surface area contributed by atoms with Crippen LogP contribution in [-0.2, 0) is 12.8 Å². The van der Waals surface area contributed by atoms with Gasteiger partial charge in [0.1, 0.15) is 11.5 Å². The standard InChI is InChI=1S/C18H19ClN2O/c1-2-3-6-14(19)11-13-8-9-17-16(12-13)21-18(22-17)15-7-4-5-10-20-15/h2-7,10,13H,8-9,11-12H2,1H3. The van der Waals surface area contributed by atoms with Gasteiger partial charge >= 0.3 is 0 Å². The summed E-state index contributed by atoms with van der Waals surface area (Å²) in [6.07, 6.45) is 11.5. The van der Waals surface area contributed by atoms with Crippen LogP contribution in [0.5, 0.6) is 0 Å². The van der Waals surface area contributed by atoms with E-state index in [1.807, 2.05) is 43.4 Å². The molecule has 0 amide bonds. The minimum Gasteiger partial charge on any atom is -0.440 e. The van der Waals surface area contributed by atoms with Crippen molar-refractivity contribution >= 4 is 11.6 Å². The van der Waals surface area contributed by atoms with Gasteiger partial charge in [0.05, 0.1) is 5.69 Å². The third-order valence-electron chi connectivity index (χ3n) is 3.88. The molecule has 22 heavy (non-hydrogen) atoms. The van der Waals surface area contributed by atoms with Gasteiger partial charge in [-0.25, -0.2) is 4.98 Å². The Balaban J connectivity index is 1.72. The SMILES string of the molecule is CC=CC=C(Cl)CC1CCc2oc(-c3ccccn3)nc2C1. The van der Waals surface area contributed by atoms with E-state index in [1.165, 1.54) is 0 Å². The molecule has 3 rings (SSSR count). The molecule has 0 radical (unpaired) electrons. The van der Waals surface area contributed by atoms with Crippen molar-refractivity contribution in [2.24, 2.45) is 5.92 Å². The molecule has 1 aliphatic carbocycles. The second kappa shape index (κ2) is 6.93. The van der Waals surface area contributed by atoms with Gasteiger partial charge in [0, 0.05) is 17.6 Å². The maximum absolute atomic E-state index is 6.28. The summed E-state index contributed by atoms with van der Waals surface area (Å²) in [5.74, 6) is 2.16. The lowest BCUT2D eigenvalue weighted by atomic mass is 9.88. The van der Waals surface area contributed by atoms with E-state index in [1.54, 1.807) is 6.20 Å². The first kappa shape index (κ1) is 15.0. The molecule has 114 valence electrons. The van der Waals surface area contributed by atoms with Gasteiger partial charge in [-0.2, -0.15) is 0 Å². The number of fused-ring (bicyclic) bond motifs is 1. The predicted molar refractivity (Wildman–Crippen MR) is 88.6 cm³/mol. The number of halogens is 1. The first-order chi connectivity index (χ1) is 10.8. The zero-order chi connectivity index (χ0) is 15.4. The highest BCUT2D eigenvalue weighted by molar-refractivity contribution is 6.29. The third kappa shape index (κ3) is 3.47. The van der Waals surface area contributed by atoms with Gasteiger partial charge in [-0.15, -0.1) is 0 Å². The summed E-state index contributed by atoms with van der Waals surface area (Å²) in [5.41, 5.74) is 1.85. The summed E-state index contributed by atoms with van der Waals surface area (Å²) in [6.45, 7) is 1.99. The molecule has 0 spiro atoms. The Kier molecular flexibility index (Phi) is 4.74. The fourth-order valence-corrected chi connectivity index (χ4v) is 3.06. The number of hydrogen-bond donors (Lipinski definition) is 0. The molecule has 1 aliphatic rings. The van der Waals surface area contributed by atoms with Crippen LogP contribution in [0.3, 0.4) is 0 Å². The molecular formula is C18H19ClN2O. The quantitative estimate of drug-likeness (QED) is 0.751. The Morgan fingerprint density at radius 3 is 3.14 bits per heavy atom. The predicted octanol–water partition coefficient (Wildman–Crippen LogP) is 4.93. The Bertz CT molecular complexity index is 688. The van der Waals surface area contributed by atoms with Crippen molar-refractivity contribution in [2.45, 2.75) is 32.6 Å². The fourth-order valence-electron chi connectivity index (χ4n) is 2.77. The molecule has 0 fully saturated rings. The average molecular weight is 315 g/mol. The van der Waals surface area contributed by atoms with E-state index in [2.05, 4.69) is 9.97 Å². The summed E-state index contributed by atoms with van der Waals surface area (Å²) in [4.78, 5) is 8.93. The molecular weight excluding hydrogens is 296 g/mol. The van der Waals surface area contributed by atoms with Crippen LogP contribution in [0.15, 0.2) is 52.1 Å². The van der Waals surface area contributed by atoms with Crippen molar-refractivity contribution in [3.63, 3.8) is 0 Å². The maximum Gasteiger partial charge on any atom is 0.245 e. The number of allylic oxidation sites excluding steroid dienone is 4. The average Bonchev–Trinajstić information content (AvgIpc) is 2.97. The van der Waals surface area contributed by atoms with Crippen molar-refractivity contribution < 1.29 is 4.42 Å². The number of hydrogen-bond acceptors (Lipinski definition) is 3. The van der Waals surface area contributed by atoms with E-state index in [-0.39, 0.29) is 0 Å². The molecule has 2 aromatic rings. The second-order valence-electron chi connectivity index (χ2n) is 5.56. The van der Waals surface area contributed by atoms with Gasteiger partial charge in [-0.1, -0.05) is 29.8 Å². The first-order valence-corrected chi connectivity index (χ1v) is 8.01. The molecule has 3 nitrogen and oxygen atoms in total. The monoisotopic (exact) mass is 314 g/mol. The number of pyridine rings is 1. The van der Waals surface area contributed by atoms with Gasteiger partial charge in [0.15, 0.2) is 0 Å². The summed E-state index contributed by atoms with van der Waals surface area (Å²) in [7, 11) is 0. The number of oxazole rings is 1. The molecule has 1 unspecified atom stereocenters. The zero-order valence-corrected chi connectivity index (χ0v) is 13.4. The Morgan fingerprint density at radius 2 is 2.36 bits per heavy atom. The van der Waals surface area contributed by atoms with Gasteiger partial charge in [0.2, 0.25) is 5.89 Å². The first-order valence-electron chi connectivity index (χ1n) is 7.63. The number of rotatable bonds is 4. The van der Waals surface area contributed by atoms with Crippen molar-refractivity contribution in [1.82, 2.24) is 9.97 Å². The van der Waals surface area contributed by atoms with Crippen molar-refractivity contribution in [3.05, 3.63) is 59.1 Å². The minimum absolute atomic E-state index is 0.531. The Morgan fingerprint density at radius 1 is 1.45 bits per heavy atom. The van der Waals surface area contributed by atoms with Crippen LogP contribution in [0, 0.1) is 5.92 Å². The lowest BCUT2D eigenvalue weighted by molar-refractivity contribution is 0.408. The highest BCUT2D eigenvalue weighted by atomic mass is 35.5. The van der Waals surface area contributed by atoms with Crippen LogP contribution in [0.25, 0.3) is 11.6 Å². The van der Waals surface area contributed by atoms with Gasteiger partial charge in [-0.3, -0.25) is 4.98 Å². The molecule has 2 aromatic heterocycles. The van der Waals surface area contributed by atoms with E-state index in [0.29, 0.717) is 11.8 Å². The zero-order valence-electron chi connectivity index (χ0n) is 12.6. The Hall–Kier alpha value is -1.87. The van der Waals surface area contributed by atoms with Crippen LogP contribution in [-0.4, -0.2) is 9.97 Å². The summed E-state index contributed by atoms with van der Waals surface area (Å²) < 4.78 is 5.88.